The maximum Gasteiger partial charge on any atom is 0.214 e. The molecule has 0 aliphatic heterocycles. The SMILES string of the molecule is C[n+]1ccc(N)c2ccccc21.[Cl-]. The van der Waals surface area contributed by atoms with Gasteiger partial charge in [-0.25, -0.2) is 4.57 Å². The summed E-state index contributed by atoms with van der Waals surface area (Å²) in [5, 5.41) is 1.11. The number of nitrogens with two attached hydrogens (primary N) is 1. The molecule has 2 nitrogen and oxygen atoms in total. The molecule has 1 aromatic heterocycles. The van der Waals surface area contributed by atoms with Crippen molar-refractivity contribution in [1.82, 2.24) is 0 Å². The Balaban J connectivity index is 0.000000845. The number of aryl methyl sites for hydroxylation is 1. The van der Waals surface area contributed by atoms with Gasteiger partial charge in [0.1, 0.15) is 7.05 Å². The van der Waals surface area contributed by atoms with Crippen LogP contribution < -0.4 is 22.7 Å². The van der Waals surface area contributed by atoms with Crippen LogP contribution in [-0.2, 0) is 7.05 Å². The van der Waals surface area contributed by atoms with Gasteiger partial charge in [-0.1, -0.05) is 12.1 Å². The van der Waals surface area contributed by atoms with E-state index in [2.05, 4.69) is 10.6 Å². The van der Waals surface area contributed by atoms with Crippen molar-refractivity contribution in [2.45, 2.75) is 0 Å². The van der Waals surface area contributed by atoms with Crippen molar-refractivity contribution in [3.8, 4) is 0 Å². The second-order valence-corrected chi connectivity index (χ2v) is 2.90. The molecule has 1 aromatic carbocycles. The molecule has 0 aliphatic rings. The van der Waals surface area contributed by atoms with E-state index in [1.807, 2.05) is 37.5 Å². The monoisotopic (exact) mass is 194 g/mol. The molecule has 0 unspecified atom stereocenters. The number of halogens is 1. The first-order valence-electron chi connectivity index (χ1n) is 3.92. The zero-order valence-corrected chi connectivity index (χ0v) is 8.12. The molecule has 1 heterocycles. The molecule has 0 amide bonds. The van der Waals surface area contributed by atoms with Crippen LogP contribution in [0.1, 0.15) is 0 Å². The lowest BCUT2D eigenvalue weighted by molar-refractivity contribution is -0.644. The Bertz CT molecular complexity index is 386. The topological polar surface area (TPSA) is 29.9 Å². The Labute approximate surface area is 83.4 Å². The van der Waals surface area contributed by atoms with Crippen molar-refractivity contribution >= 4 is 16.6 Å². The van der Waals surface area contributed by atoms with Crippen LogP contribution in [0, 0.1) is 0 Å². The largest absolute Gasteiger partial charge is 1.00 e. The highest BCUT2D eigenvalue weighted by Gasteiger charge is 2.04. The fourth-order valence-electron chi connectivity index (χ4n) is 1.39. The highest BCUT2D eigenvalue weighted by atomic mass is 35.5. The number of benzene rings is 1. The van der Waals surface area contributed by atoms with Crippen molar-refractivity contribution in [1.29, 1.82) is 0 Å². The fraction of sp³-hybridized carbons (Fsp3) is 0.100. The molecular formula is C10H11ClN2. The van der Waals surface area contributed by atoms with Gasteiger partial charge in [0.25, 0.3) is 0 Å². The summed E-state index contributed by atoms with van der Waals surface area (Å²) in [7, 11) is 2.02. The molecule has 0 radical (unpaired) electrons. The van der Waals surface area contributed by atoms with Crippen molar-refractivity contribution in [3.63, 3.8) is 0 Å². The summed E-state index contributed by atoms with van der Waals surface area (Å²) in [5.74, 6) is 0. The Kier molecular flexibility index (Phi) is 2.73. The Morgan fingerprint density at radius 3 is 2.54 bits per heavy atom. The smallest absolute Gasteiger partial charge is 0.214 e. The third-order valence-corrected chi connectivity index (χ3v) is 2.07. The van der Waals surface area contributed by atoms with Gasteiger partial charge in [0.15, 0.2) is 6.20 Å². The lowest BCUT2D eigenvalue weighted by atomic mass is 10.2. The summed E-state index contributed by atoms with van der Waals surface area (Å²) in [6, 6.07) is 10.0. The van der Waals surface area contributed by atoms with Gasteiger partial charge in [0, 0.05) is 12.1 Å². The second kappa shape index (κ2) is 3.62. The molecule has 0 saturated heterocycles. The number of pyridine rings is 1. The molecule has 68 valence electrons. The minimum Gasteiger partial charge on any atom is -1.00 e. The minimum atomic E-state index is 0. The summed E-state index contributed by atoms with van der Waals surface area (Å²) >= 11 is 0. The summed E-state index contributed by atoms with van der Waals surface area (Å²) in [4.78, 5) is 0. The van der Waals surface area contributed by atoms with E-state index in [0.717, 1.165) is 16.6 Å². The number of hydrogen-bond acceptors (Lipinski definition) is 1. The number of aromatic nitrogens is 1. The number of hydrogen-bond donors (Lipinski definition) is 1. The average Bonchev–Trinajstić information content (AvgIpc) is 2.12. The molecule has 2 N–H and O–H groups in total. The predicted octanol–water partition coefficient (Wildman–Crippen LogP) is -1.75. The van der Waals surface area contributed by atoms with Crippen molar-refractivity contribution in [2.24, 2.45) is 7.05 Å². The van der Waals surface area contributed by atoms with Crippen molar-refractivity contribution in [2.75, 3.05) is 5.73 Å². The van der Waals surface area contributed by atoms with E-state index in [1.54, 1.807) is 0 Å². The Morgan fingerprint density at radius 1 is 1.15 bits per heavy atom. The van der Waals surface area contributed by atoms with Crippen LogP contribution in [0.3, 0.4) is 0 Å². The van der Waals surface area contributed by atoms with Gasteiger partial charge in [-0.05, 0) is 6.07 Å². The number of nitrogens with zero attached hydrogens (tertiary/aromatic N) is 1. The van der Waals surface area contributed by atoms with Crippen LogP contribution in [0.15, 0.2) is 36.5 Å². The zero-order chi connectivity index (χ0) is 8.55. The first-order valence-corrected chi connectivity index (χ1v) is 3.92. The molecule has 0 atom stereocenters. The van der Waals surface area contributed by atoms with Crippen LogP contribution >= 0.6 is 0 Å². The van der Waals surface area contributed by atoms with Crippen LogP contribution in [0.25, 0.3) is 10.9 Å². The molecule has 2 aromatic rings. The molecule has 0 fully saturated rings. The number of rotatable bonds is 0. The van der Waals surface area contributed by atoms with Crippen molar-refractivity contribution < 1.29 is 17.0 Å². The van der Waals surface area contributed by atoms with Crippen LogP contribution in [0.2, 0.25) is 0 Å². The second-order valence-electron chi connectivity index (χ2n) is 2.90. The summed E-state index contributed by atoms with van der Waals surface area (Å²) in [6.07, 6.45) is 1.97. The van der Waals surface area contributed by atoms with Gasteiger partial charge in [0.2, 0.25) is 5.52 Å². The Morgan fingerprint density at radius 2 is 1.85 bits per heavy atom. The standard InChI is InChI=1S/C10H10N2.ClH/c1-12-7-6-9(11)8-4-2-3-5-10(8)12;/h2-7,11H,1H3;1H. The highest BCUT2D eigenvalue weighted by Crippen LogP contribution is 2.15. The first-order chi connectivity index (χ1) is 5.79. The van der Waals surface area contributed by atoms with Gasteiger partial charge < -0.3 is 18.1 Å². The van der Waals surface area contributed by atoms with E-state index in [0.29, 0.717) is 0 Å². The lowest BCUT2D eigenvalue weighted by Gasteiger charge is -1.98. The molecular weight excluding hydrogens is 184 g/mol. The predicted molar refractivity (Wildman–Crippen MR) is 49.5 cm³/mol. The molecule has 13 heavy (non-hydrogen) atoms. The van der Waals surface area contributed by atoms with E-state index in [-0.39, 0.29) is 12.4 Å². The number of anilines is 1. The molecule has 3 heteroatoms. The van der Waals surface area contributed by atoms with Gasteiger partial charge >= 0.3 is 0 Å². The third kappa shape index (κ3) is 1.58. The molecule has 0 bridgehead atoms. The normalized spacial score (nSPS) is 9.62. The van der Waals surface area contributed by atoms with Crippen LogP contribution in [0.5, 0.6) is 0 Å². The van der Waals surface area contributed by atoms with Gasteiger partial charge in [-0.15, -0.1) is 0 Å². The molecule has 0 saturated carbocycles. The summed E-state index contributed by atoms with van der Waals surface area (Å²) in [5.41, 5.74) is 7.81. The molecule has 2 rings (SSSR count). The van der Waals surface area contributed by atoms with E-state index in [9.17, 15) is 0 Å². The minimum absolute atomic E-state index is 0. The van der Waals surface area contributed by atoms with E-state index >= 15 is 0 Å². The molecule has 0 aliphatic carbocycles. The van der Waals surface area contributed by atoms with E-state index < -0.39 is 0 Å². The van der Waals surface area contributed by atoms with E-state index in [1.165, 1.54) is 0 Å². The van der Waals surface area contributed by atoms with Gasteiger partial charge in [0.05, 0.1) is 11.1 Å². The maximum atomic E-state index is 5.81. The summed E-state index contributed by atoms with van der Waals surface area (Å²) < 4.78 is 2.06. The number of fused-ring (bicyclic) bond motifs is 1. The third-order valence-electron chi connectivity index (χ3n) is 2.07. The quantitative estimate of drug-likeness (QED) is 0.496. The number of para-hydroxylation sites is 1. The van der Waals surface area contributed by atoms with E-state index in [4.69, 9.17) is 5.73 Å². The fourth-order valence-corrected chi connectivity index (χ4v) is 1.39. The van der Waals surface area contributed by atoms with Crippen LogP contribution in [-0.4, -0.2) is 0 Å². The summed E-state index contributed by atoms with van der Waals surface area (Å²) in [6.45, 7) is 0. The first kappa shape index (κ1) is 9.81. The van der Waals surface area contributed by atoms with Gasteiger partial charge in [-0.2, -0.15) is 0 Å². The average molecular weight is 195 g/mol. The Hall–Kier alpha value is -1.28. The van der Waals surface area contributed by atoms with Crippen LogP contribution in [0.4, 0.5) is 5.69 Å². The maximum absolute atomic E-state index is 5.81. The lowest BCUT2D eigenvalue weighted by Crippen LogP contribution is -3.00. The van der Waals surface area contributed by atoms with Crippen molar-refractivity contribution in [3.05, 3.63) is 36.5 Å². The number of nitrogen functional groups attached to an aromatic ring is 1. The zero-order valence-electron chi connectivity index (χ0n) is 7.37. The van der Waals surface area contributed by atoms with Gasteiger partial charge in [-0.3, -0.25) is 0 Å². The highest BCUT2D eigenvalue weighted by molar-refractivity contribution is 5.87. The molecule has 0 spiro atoms.